The summed E-state index contributed by atoms with van der Waals surface area (Å²) >= 11 is 0. The Bertz CT molecular complexity index is 1260. The normalized spacial score (nSPS) is 16.7. The van der Waals surface area contributed by atoms with Crippen LogP contribution in [-0.4, -0.2) is 94.9 Å². The molecule has 1 aromatic rings. The van der Waals surface area contributed by atoms with Gasteiger partial charge in [0.15, 0.2) is 12.2 Å². The summed E-state index contributed by atoms with van der Waals surface area (Å²) in [5, 5.41) is 14.7. The van der Waals surface area contributed by atoms with Gasteiger partial charge in [-0.2, -0.15) is 0 Å². The van der Waals surface area contributed by atoms with Gasteiger partial charge < -0.3 is 34.7 Å². The Kier molecular flexibility index (Phi) is 13.9. The fourth-order valence-corrected chi connectivity index (χ4v) is 3.99. The number of carbonyl (C=O) groups excluding carboxylic acids is 6. The third kappa shape index (κ3) is 12.7. The first-order valence-corrected chi connectivity index (χ1v) is 14.7. The summed E-state index contributed by atoms with van der Waals surface area (Å²) in [4.78, 5) is 87.9. The van der Waals surface area contributed by atoms with Crippen LogP contribution in [0.5, 0.6) is 0 Å². The molecule has 46 heavy (non-hydrogen) atoms. The lowest BCUT2D eigenvalue weighted by molar-refractivity contribution is -0.155. The highest BCUT2D eigenvalue weighted by molar-refractivity contribution is 5.96. The molecule has 4 atom stereocenters. The zero-order valence-electron chi connectivity index (χ0n) is 26.7. The van der Waals surface area contributed by atoms with E-state index in [1.165, 1.54) is 0 Å². The maximum absolute atomic E-state index is 13.4. The maximum Gasteiger partial charge on any atom is 0.408 e. The molecule has 4 amide bonds. The Hall–Kier alpha value is -4.73. The van der Waals surface area contributed by atoms with Crippen LogP contribution in [-0.2, 0) is 54.3 Å². The number of hydrogen-bond donors (Lipinski definition) is 4. The number of esters is 2. The number of amides is 4. The van der Waals surface area contributed by atoms with E-state index in [0.717, 1.165) is 0 Å². The first kappa shape index (κ1) is 37.5. The van der Waals surface area contributed by atoms with E-state index in [1.807, 2.05) is 0 Å². The lowest BCUT2D eigenvalue weighted by Crippen LogP contribution is -2.59. The Morgan fingerprint density at radius 1 is 0.957 bits per heavy atom. The van der Waals surface area contributed by atoms with Crippen molar-refractivity contribution in [3.8, 4) is 0 Å². The maximum atomic E-state index is 13.4. The topological polar surface area (TPSA) is 219 Å². The van der Waals surface area contributed by atoms with Gasteiger partial charge in [-0.1, -0.05) is 44.2 Å². The number of hydrogen-bond acceptors (Lipinski definition) is 11. The molecular formula is C30H42N4O12. The van der Waals surface area contributed by atoms with E-state index in [2.05, 4.69) is 16.1 Å². The third-order valence-corrected chi connectivity index (χ3v) is 6.18. The molecule has 1 aliphatic rings. The molecule has 16 heteroatoms. The number of benzene rings is 1. The predicted molar refractivity (Wildman–Crippen MR) is 158 cm³/mol. The second-order valence-electron chi connectivity index (χ2n) is 11.6. The summed E-state index contributed by atoms with van der Waals surface area (Å²) in [5.41, 5.74) is 2.07. The van der Waals surface area contributed by atoms with E-state index in [1.54, 1.807) is 71.9 Å². The number of hydrazine groups is 1. The van der Waals surface area contributed by atoms with Crippen molar-refractivity contribution in [2.24, 2.45) is 5.92 Å². The molecule has 0 unspecified atom stereocenters. The molecule has 1 saturated heterocycles. The average molecular weight is 651 g/mol. The number of carbonyl (C=O) groups is 7. The van der Waals surface area contributed by atoms with Gasteiger partial charge >= 0.3 is 24.0 Å². The molecule has 2 rings (SSSR count). The number of nitrogens with one attached hydrogen (secondary N) is 3. The van der Waals surface area contributed by atoms with Crippen molar-refractivity contribution < 1.29 is 57.6 Å². The molecule has 0 aliphatic carbocycles. The minimum atomic E-state index is -1.48. The molecule has 16 nitrogen and oxygen atoms in total. The number of nitrogens with zero attached hydrogens (tertiary/aromatic N) is 1. The predicted octanol–water partition coefficient (Wildman–Crippen LogP) is 0.819. The zero-order valence-corrected chi connectivity index (χ0v) is 26.7. The van der Waals surface area contributed by atoms with E-state index >= 15 is 0 Å². The van der Waals surface area contributed by atoms with Crippen LogP contribution in [0, 0.1) is 5.92 Å². The van der Waals surface area contributed by atoms with Gasteiger partial charge in [-0.25, -0.2) is 14.6 Å². The number of carboxylic acids is 1. The van der Waals surface area contributed by atoms with Crippen LogP contribution in [0.1, 0.15) is 59.9 Å². The van der Waals surface area contributed by atoms with E-state index in [-0.39, 0.29) is 26.1 Å². The second kappa shape index (κ2) is 17.1. The molecule has 0 radical (unpaired) electrons. The molecule has 4 N–H and O–H groups in total. The molecule has 0 spiro atoms. The summed E-state index contributed by atoms with van der Waals surface area (Å²) in [6, 6.07) is 6.07. The van der Waals surface area contributed by atoms with Gasteiger partial charge in [-0.3, -0.25) is 29.4 Å². The van der Waals surface area contributed by atoms with Crippen LogP contribution in [0.3, 0.4) is 0 Å². The molecule has 1 heterocycles. The van der Waals surface area contributed by atoms with Gasteiger partial charge in [0.05, 0.1) is 6.61 Å². The number of ether oxygens (including phenoxy) is 4. The minimum absolute atomic E-state index is 0.0311. The molecule has 0 saturated carbocycles. The van der Waals surface area contributed by atoms with Crippen LogP contribution in [0.2, 0.25) is 0 Å². The van der Waals surface area contributed by atoms with Crippen LogP contribution in [0.4, 0.5) is 4.79 Å². The van der Waals surface area contributed by atoms with Gasteiger partial charge in [0, 0.05) is 6.42 Å². The highest BCUT2D eigenvalue weighted by Gasteiger charge is 2.53. The summed E-state index contributed by atoms with van der Waals surface area (Å²) < 4.78 is 20.3. The fourth-order valence-electron chi connectivity index (χ4n) is 3.99. The van der Waals surface area contributed by atoms with Crippen molar-refractivity contribution in [1.29, 1.82) is 0 Å². The molecule has 1 aromatic carbocycles. The Balaban J connectivity index is 2.16. The second-order valence-corrected chi connectivity index (χ2v) is 11.6. The van der Waals surface area contributed by atoms with Crippen molar-refractivity contribution in [3.05, 3.63) is 35.9 Å². The van der Waals surface area contributed by atoms with Crippen molar-refractivity contribution in [3.63, 3.8) is 0 Å². The summed E-state index contributed by atoms with van der Waals surface area (Å²) in [6.45, 7) is 8.67. The van der Waals surface area contributed by atoms with Crippen LogP contribution in [0.15, 0.2) is 30.3 Å². The van der Waals surface area contributed by atoms with E-state index in [0.29, 0.717) is 10.6 Å². The summed E-state index contributed by atoms with van der Waals surface area (Å²) in [7, 11) is 0. The first-order chi connectivity index (χ1) is 21.5. The lowest BCUT2D eigenvalue weighted by atomic mass is 10.0. The quantitative estimate of drug-likeness (QED) is 0.0897. The van der Waals surface area contributed by atoms with Crippen molar-refractivity contribution >= 4 is 41.7 Å². The summed E-state index contributed by atoms with van der Waals surface area (Å²) in [5.74, 6) is -6.38. The number of alkyl carbamates (subject to hydrolysis) is 1. The smallest absolute Gasteiger partial charge is 0.408 e. The van der Waals surface area contributed by atoms with Crippen LogP contribution in [0.25, 0.3) is 0 Å². The standard InChI is InChI=1S/C30H42N4O12/c1-7-43-28(41)24-23(45-24)27(40)34(15-20(35)36)33-26(39)22(17(2)3)32-25(38)19(13-14-21(37)46-30(4,5)6)31-29(42)44-16-18-11-9-8-10-12-18/h8-12,17,19,22-24H,7,13-16H2,1-6H3,(H,31,42)(H,32,38)(H,33,39)(H,35,36)/t19-,22-,23-,24-/m0/s1. The van der Waals surface area contributed by atoms with Crippen LogP contribution < -0.4 is 16.1 Å². The molecule has 1 aliphatic heterocycles. The van der Waals surface area contributed by atoms with Gasteiger partial charge in [0.1, 0.15) is 30.8 Å². The molecule has 1 fully saturated rings. The Morgan fingerprint density at radius 3 is 2.17 bits per heavy atom. The lowest BCUT2D eigenvalue weighted by Gasteiger charge is -2.28. The number of carboxylic acid groups (broad SMARTS) is 1. The van der Waals surface area contributed by atoms with Gasteiger partial charge in [0.25, 0.3) is 11.8 Å². The van der Waals surface area contributed by atoms with E-state index in [4.69, 9.17) is 18.9 Å². The van der Waals surface area contributed by atoms with Crippen LogP contribution >= 0.6 is 0 Å². The highest BCUT2D eigenvalue weighted by Crippen LogP contribution is 2.25. The fraction of sp³-hybridized carbons (Fsp3) is 0.567. The van der Waals surface area contributed by atoms with Gasteiger partial charge in [-0.05, 0) is 45.6 Å². The van der Waals surface area contributed by atoms with Crippen molar-refractivity contribution in [2.75, 3.05) is 13.2 Å². The SMILES string of the molecule is CCOC(=O)[C@H]1O[C@@H]1C(=O)N(CC(=O)O)NC(=O)[C@@H](NC(=O)[C@H](CCC(=O)OC(C)(C)C)NC(=O)OCc1ccccc1)C(C)C. The Labute approximate surface area is 266 Å². The van der Waals surface area contributed by atoms with Gasteiger partial charge in [-0.15, -0.1) is 0 Å². The molecule has 254 valence electrons. The molecule has 0 bridgehead atoms. The highest BCUT2D eigenvalue weighted by atomic mass is 16.6. The average Bonchev–Trinajstić information content (AvgIpc) is 3.76. The van der Waals surface area contributed by atoms with E-state index < -0.39 is 84.1 Å². The largest absolute Gasteiger partial charge is 0.480 e. The molecule has 0 aromatic heterocycles. The number of aliphatic carboxylic acids is 1. The molecular weight excluding hydrogens is 608 g/mol. The Morgan fingerprint density at radius 2 is 1.61 bits per heavy atom. The van der Waals surface area contributed by atoms with Gasteiger partial charge in [0.2, 0.25) is 5.91 Å². The first-order valence-electron chi connectivity index (χ1n) is 14.7. The van der Waals surface area contributed by atoms with Crippen molar-refractivity contribution in [1.82, 2.24) is 21.1 Å². The zero-order chi connectivity index (χ0) is 34.6. The number of epoxide rings is 1. The minimum Gasteiger partial charge on any atom is -0.480 e. The van der Waals surface area contributed by atoms with Crippen molar-refractivity contribution in [2.45, 2.75) is 90.9 Å². The monoisotopic (exact) mass is 650 g/mol. The third-order valence-electron chi connectivity index (χ3n) is 6.18. The van der Waals surface area contributed by atoms with E-state index in [9.17, 15) is 38.7 Å². The number of rotatable bonds is 15. The summed E-state index contributed by atoms with van der Waals surface area (Å²) in [6.07, 6.45) is -4.06.